The van der Waals surface area contributed by atoms with E-state index in [1.54, 1.807) is 10.9 Å². The van der Waals surface area contributed by atoms with E-state index in [-0.39, 0.29) is 11.4 Å². The van der Waals surface area contributed by atoms with Crippen LogP contribution in [0.5, 0.6) is 0 Å². The maximum Gasteiger partial charge on any atom is 0.230 e. The zero-order chi connectivity index (χ0) is 15.3. The van der Waals surface area contributed by atoms with Gasteiger partial charge in [-0.05, 0) is 13.8 Å². The largest absolute Gasteiger partial charge is 0.379 e. The molecular weight excluding hydrogens is 290 g/mol. The summed E-state index contributed by atoms with van der Waals surface area (Å²) in [6.45, 7) is 8.28. The van der Waals surface area contributed by atoms with E-state index in [1.165, 1.54) is 11.8 Å². The summed E-state index contributed by atoms with van der Waals surface area (Å²) >= 11 is 1.39. The zero-order valence-corrected chi connectivity index (χ0v) is 13.7. The number of amides is 1. The van der Waals surface area contributed by atoms with E-state index in [0.29, 0.717) is 12.3 Å². The molecule has 118 valence electrons. The number of nitrogens with zero attached hydrogens (tertiary/aromatic N) is 4. The van der Waals surface area contributed by atoms with Gasteiger partial charge in [0, 0.05) is 32.2 Å². The molecule has 1 aromatic heterocycles. The number of nitrogens with one attached hydrogen (secondary N) is 1. The molecule has 21 heavy (non-hydrogen) atoms. The molecule has 1 amide bonds. The minimum atomic E-state index is -0.0606. The van der Waals surface area contributed by atoms with Crippen LogP contribution in [0.4, 0.5) is 0 Å². The molecule has 1 aliphatic heterocycles. The highest BCUT2D eigenvalue weighted by Crippen LogP contribution is 2.16. The Morgan fingerprint density at radius 3 is 2.81 bits per heavy atom. The van der Waals surface area contributed by atoms with Crippen molar-refractivity contribution in [1.82, 2.24) is 25.0 Å². The lowest BCUT2D eigenvalue weighted by Crippen LogP contribution is -2.55. The third kappa shape index (κ3) is 4.69. The van der Waals surface area contributed by atoms with E-state index >= 15 is 0 Å². The van der Waals surface area contributed by atoms with Crippen molar-refractivity contribution < 1.29 is 9.53 Å². The summed E-state index contributed by atoms with van der Waals surface area (Å²) in [4.78, 5) is 14.3. The fourth-order valence-corrected chi connectivity index (χ4v) is 2.90. The summed E-state index contributed by atoms with van der Waals surface area (Å²) in [6.07, 6.45) is 1.63. The van der Waals surface area contributed by atoms with Gasteiger partial charge in [-0.15, -0.1) is 10.2 Å². The molecule has 1 saturated heterocycles. The monoisotopic (exact) mass is 313 g/mol. The van der Waals surface area contributed by atoms with Crippen molar-refractivity contribution in [3.05, 3.63) is 6.33 Å². The second kappa shape index (κ2) is 7.24. The van der Waals surface area contributed by atoms with E-state index in [4.69, 9.17) is 4.74 Å². The Balaban J connectivity index is 1.73. The van der Waals surface area contributed by atoms with Crippen LogP contribution in [0.25, 0.3) is 0 Å². The molecule has 0 spiro atoms. The van der Waals surface area contributed by atoms with Crippen LogP contribution in [0.15, 0.2) is 11.5 Å². The molecular formula is C13H23N5O2S. The van der Waals surface area contributed by atoms with E-state index in [9.17, 15) is 4.79 Å². The second-order valence-electron chi connectivity index (χ2n) is 5.70. The van der Waals surface area contributed by atoms with Gasteiger partial charge in [-0.25, -0.2) is 0 Å². The Labute approximate surface area is 129 Å². The summed E-state index contributed by atoms with van der Waals surface area (Å²) in [5, 5.41) is 11.5. The summed E-state index contributed by atoms with van der Waals surface area (Å²) in [7, 11) is 1.86. The minimum absolute atomic E-state index is 0.0179. The summed E-state index contributed by atoms with van der Waals surface area (Å²) in [6, 6.07) is 0. The third-order valence-electron chi connectivity index (χ3n) is 3.59. The number of aromatic nitrogens is 3. The molecule has 0 bridgehead atoms. The number of aryl methyl sites for hydroxylation is 1. The molecule has 0 atom stereocenters. The number of hydrogen-bond donors (Lipinski definition) is 1. The van der Waals surface area contributed by atoms with Crippen molar-refractivity contribution in [2.24, 2.45) is 7.05 Å². The lowest BCUT2D eigenvalue weighted by Gasteiger charge is -2.40. The highest BCUT2D eigenvalue weighted by atomic mass is 32.2. The molecule has 8 heteroatoms. The molecule has 1 fully saturated rings. The van der Waals surface area contributed by atoms with Crippen LogP contribution in [0, 0.1) is 0 Å². The van der Waals surface area contributed by atoms with E-state index < -0.39 is 0 Å². The lowest BCUT2D eigenvalue weighted by molar-refractivity contribution is -0.119. The first-order valence-corrected chi connectivity index (χ1v) is 8.04. The van der Waals surface area contributed by atoms with Gasteiger partial charge in [0.1, 0.15) is 6.33 Å². The van der Waals surface area contributed by atoms with Crippen LogP contribution in [0.2, 0.25) is 0 Å². The quantitative estimate of drug-likeness (QED) is 0.753. The molecule has 1 aliphatic rings. The standard InChI is InChI=1S/C13H23N5O2S/c1-13(2,18-4-6-20-7-5-18)9-14-11(19)8-21-12-16-15-10-17(12)3/h10H,4-9H2,1-3H3,(H,14,19). The number of hydrogen-bond acceptors (Lipinski definition) is 6. The molecule has 2 rings (SSSR count). The third-order valence-corrected chi connectivity index (χ3v) is 4.62. The topological polar surface area (TPSA) is 72.3 Å². The van der Waals surface area contributed by atoms with Crippen LogP contribution in [0.3, 0.4) is 0 Å². The second-order valence-corrected chi connectivity index (χ2v) is 6.64. The van der Waals surface area contributed by atoms with Crippen molar-refractivity contribution >= 4 is 17.7 Å². The van der Waals surface area contributed by atoms with Crippen molar-refractivity contribution in [3.63, 3.8) is 0 Å². The Morgan fingerprint density at radius 2 is 2.19 bits per heavy atom. The average molecular weight is 313 g/mol. The molecule has 0 unspecified atom stereocenters. The Bertz CT molecular complexity index is 471. The number of thioether (sulfide) groups is 1. The van der Waals surface area contributed by atoms with Crippen LogP contribution in [-0.2, 0) is 16.6 Å². The van der Waals surface area contributed by atoms with Gasteiger partial charge >= 0.3 is 0 Å². The number of ether oxygens (including phenoxy) is 1. The van der Waals surface area contributed by atoms with Gasteiger partial charge in [-0.1, -0.05) is 11.8 Å². The maximum atomic E-state index is 11.9. The number of morpholine rings is 1. The maximum absolute atomic E-state index is 11.9. The molecule has 1 N–H and O–H groups in total. The molecule has 1 aromatic rings. The van der Waals surface area contributed by atoms with E-state index in [1.807, 2.05) is 7.05 Å². The van der Waals surface area contributed by atoms with Gasteiger partial charge in [-0.3, -0.25) is 9.69 Å². The van der Waals surface area contributed by atoms with Crippen LogP contribution < -0.4 is 5.32 Å². The Hall–Kier alpha value is -1.12. The highest BCUT2D eigenvalue weighted by molar-refractivity contribution is 7.99. The molecule has 7 nitrogen and oxygen atoms in total. The van der Waals surface area contributed by atoms with Crippen molar-refractivity contribution in [3.8, 4) is 0 Å². The first-order valence-electron chi connectivity index (χ1n) is 7.05. The molecule has 0 aliphatic carbocycles. The van der Waals surface area contributed by atoms with Crippen molar-refractivity contribution in [2.75, 3.05) is 38.6 Å². The van der Waals surface area contributed by atoms with Crippen LogP contribution in [-0.4, -0.2) is 69.7 Å². The predicted molar refractivity (Wildman–Crippen MR) is 81.2 cm³/mol. The highest BCUT2D eigenvalue weighted by Gasteiger charge is 2.28. The predicted octanol–water partition coefficient (Wildman–Crippen LogP) is 0.134. The van der Waals surface area contributed by atoms with Gasteiger partial charge in [0.05, 0.1) is 19.0 Å². The van der Waals surface area contributed by atoms with Crippen LogP contribution >= 0.6 is 11.8 Å². The normalized spacial score (nSPS) is 16.9. The molecule has 2 heterocycles. The zero-order valence-electron chi connectivity index (χ0n) is 12.8. The van der Waals surface area contributed by atoms with Gasteiger partial charge in [0.25, 0.3) is 0 Å². The molecule has 0 saturated carbocycles. The SMILES string of the molecule is Cn1cnnc1SCC(=O)NCC(C)(C)N1CCOCC1. The first kappa shape index (κ1) is 16.3. The van der Waals surface area contributed by atoms with Gasteiger partial charge < -0.3 is 14.6 Å². The number of rotatable bonds is 6. The van der Waals surface area contributed by atoms with E-state index in [0.717, 1.165) is 31.5 Å². The van der Waals surface area contributed by atoms with Crippen molar-refractivity contribution in [2.45, 2.75) is 24.5 Å². The Morgan fingerprint density at radius 1 is 1.48 bits per heavy atom. The molecule has 0 radical (unpaired) electrons. The summed E-state index contributed by atoms with van der Waals surface area (Å²) in [5.41, 5.74) is -0.0606. The lowest BCUT2D eigenvalue weighted by atomic mass is 10.0. The van der Waals surface area contributed by atoms with Gasteiger partial charge in [0.2, 0.25) is 5.91 Å². The summed E-state index contributed by atoms with van der Waals surface area (Å²) in [5.74, 6) is 0.371. The summed E-state index contributed by atoms with van der Waals surface area (Å²) < 4.78 is 7.17. The average Bonchev–Trinajstić information content (AvgIpc) is 2.89. The van der Waals surface area contributed by atoms with Gasteiger partial charge in [-0.2, -0.15) is 0 Å². The van der Waals surface area contributed by atoms with Gasteiger partial charge in [0.15, 0.2) is 5.16 Å². The number of carbonyl (C=O) groups excluding carboxylic acids is 1. The van der Waals surface area contributed by atoms with E-state index in [2.05, 4.69) is 34.3 Å². The Kier molecular flexibility index (Phi) is 5.60. The smallest absolute Gasteiger partial charge is 0.230 e. The molecule has 0 aromatic carbocycles. The minimum Gasteiger partial charge on any atom is -0.379 e. The van der Waals surface area contributed by atoms with Crippen LogP contribution in [0.1, 0.15) is 13.8 Å². The first-order chi connectivity index (χ1) is 9.99. The fraction of sp³-hybridized carbons (Fsp3) is 0.769. The number of carbonyl (C=O) groups is 1. The van der Waals surface area contributed by atoms with Crippen molar-refractivity contribution in [1.29, 1.82) is 0 Å². The fourth-order valence-electron chi connectivity index (χ4n) is 2.18.